The molecule has 0 atom stereocenters. The highest BCUT2D eigenvalue weighted by molar-refractivity contribution is 9.08. The zero-order chi connectivity index (χ0) is 22.4. The van der Waals surface area contributed by atoms with Crippen molar-refractivity contribution >= 4 is 37.6 Å². The van der Waals surface area contributed by atoms with Gasteiger partial charge in [-0.05, 0) is 53.1 Å². The third-order valence-electron chi connectivity index (χ3n) is 4.80. The van der Waals surface area contributed by atoms with Crippen LogP contribution in [0.25, 0.3) is 0 Å². The minimum atomic E-state index is -3.86. The van der Waals surface area contributed by atoms with Gasteiger partial charge in [-0.2, -0.15) is 4.31 Å². The van der Waals surface area contributed by atoms with Crippen LogP contribution in [0.5, 0.6) is 11.5 Å². The topological polar surface area (TPSA) is 55.8 Å². The van der Waals surface area contributed by atoms with Crippen molar-refractivity contribution in [2.75, 3.05) is 14.2 Å². The second-order valence-electron chi connectivity index (χ2n) is 6.87. The quantitative estimate of drug-likeness (QED) is 0.340. The van der Waals surface area contributed by atoms with E-state index in [-0.39, 0.29) is 23.0 Å². The molecule has 0 N–H and O–H groups in total. The van der Waals surface area contributed by atoms with E-state index in [1.807, 2.05) is 48.5 Å². The normalized spacial score (nSPS) is 11.5. The Balaban J connectivity index is 1.98. The first-order valence-electron chi connectivity index (χ1n) is 9.47. The summed E-state index contributed by atoms with van der Waals surface area (Å²) in [7, 11) is -0.678. The molecule has 0 saturated carbocycles. The Morgan fingerprint density at radius 2 is 1.26 bits per heavy atom. The van der Waals surface area contributed by atoms with Crippen LogP contribution in [-0.2, 0) is 28.4 Å². The number of benzene rings is 3. The molecule has 0 bridgehead atoms. The maximum Gasteiger partial charge on any atom is 0.245 e. The summed E-state index contributed by atoms with van der Waals surface area (Å²) in [6.45, 7) is 0.379. The predicted octanol–water partition coefficient (Wildman–Crippen LogP) is 5.64. The summed E-state index contributed by atoms with van der Waals surface area (Å²) >= 11 is 9.73. The number of hydrogen-bond donors (Lipinski definition) is 0. The fourth-order valence-electron chi connectivity index (χ4n) is 3.07. The Morgan fingerprint density at radius 3 is 1.65 bits per heavy atom. The summed E-state index contributed by atoms with van der Waals surface area (Å²) in [4.78, 5) is 0.0842. The molecular formula is C23H23BrClNO4S. The van der Waals surface area contributed by atoms with Gasteiger partial charge in [0.1, 0.15) is 16.4 Å². The van der Waals surface area contributed by atoms with E-state index in [1.165, 1.54) is 4.31 Å². The summed E-state index contributed by atoms with van der Waals surface area (Å²) in [5.74, 6) is 1.42. The first kappa shape index (κ1) is 23.6. The van der Waals surface area contributed by atoms with Crippen LogP contribution < -0.4 is 9.47 Å². The van der Waals surface area contributed by atoms with Crippen LogP contribution >= 0.6 is 27.5 Å². The summed E-state index contributed by atoms with van der Waals surface area (Å²) in [6.07, 6.45) is 0. The van der Waals surface area contributed by atoms with E-state index in [9.17, 15) is 8.42 Å². The lowest BCUT2D eigenvalue weighted by atomic mass is 10.2. The molecule has 0 saturated heterocycles. The average molecular weight is 525 g/mol. The lowest BCUT2D eigenvalue weighted by Crippen LogP contribution is -2.30. The number of alkyl halides is 1. The molecule has 0 unspecified atom stereocenters. The number of methoxy groups -OCH3 is 2. The predicted molar refractivity (Wildman–Crippen MR) is 127 cm³/mol. The smallest absolute Gasteiger partial charge is 0.245 e. The minimum Gasteiger partial charge on any atom is -0.497 e. The van der Waals surface area contributed by atoms with E-state index in [2.05, 4.69) is 15.9 Å². The van der Waals surface area contributed by atoms with Gasteiger partial charge in [-0.25, -0.2) is 8.42 Å². The molecule has 0 aliphatic heterocycles. The van der Waals surface area contributed by atoms with E-state index in [0.29, 0.717) is 16.8 Å². The molecule has 0 aliphatic rings. The number of sulfonamides is 1. The van der Waals surface area contributed by atoms with Crippen molar-refractivity contribution in [2.45, 2.75) is 23.3 Å². The van der Waals surface area contributed by atoms with Crippen molar-refractivity contribution in [1.82, 2.24) is 4.31 Å². The minimum absolute atomic E-state index is 0.0842. The Morgan fingerprint density at radius 1 is 0.806 bits per heavy atom. The summed E-state index contributed by atoms with van der Waals surface area (Å²) < 4.78 is 39.0. The average Bonchev–Trinajstić information content (AvgIpc) is 2.79. The van der Waals surface area contributed by atoms with Crippen molar-refractivity contribution in [2.24, 2.45) is 0 Å². The van der Waals surface area contributed by atoms with Gasteiger partial charge in [-0.3, -0.25) is 0 Å². The number of hydrogen-bond acceptors (Lipinski definition) is 4. The van der Waals surface area contributed by atoms with Crippen molar-refractivity contribution in [3.05, 3.63) is 88.4 Å². The summed E-state index contributed by atoms with van der Waals surface area (Å²) in [5.41, 5.74) is 2.58. The highest BCUT2D eigenvalue weighted by Crippen LogP contribution is 2.29. The molecule has 31 heavy (non-hydrogen) atoms. The number of nitrogens with zero attached hydrogens (tertiary/aromatic N) is 1. The molecule has 0 radical (unpaired) electrons. The van der Waals surface area contributed by atoms with Crippen molar-refractivity contribution in [1.29, 1.82) is 0 Å². The van der Waals surface area contributed by atoms with E-state index < -0.39 is 10.0 Å². The maximum atomic E-state index is 13.6. The Kier molecular flexibility index (Phi) is 8.00. The molecule has 0 amide bonds. The van der Waals surface area contributed by atoms with Gasteiger partial charge in [0.25, 0.3) is 0 Å². The van der Waals surface area contributed by atoms with E-state index in [0.717, 1.165) is 16.7 Å². The van der Waals surface area contributed by atoms with Crippen LogP contribution in [0.4, 0.5) is 0 Å². The molecule has 0 heterocycles. The van der Waals surface area contributed by atoms with Gasteiger partial charge in [0.05, 0.1) is 19.2 Å². The Labute approximate surface area is 196 Å². The first-order valence-corrected chi connectivity index (χ1v) is 12.4. The number of rotatable bonds is 9. The zero-order valence-electron chi connectivity index (χ0n) is 17.2. The molecule has 0 aromatic heterocycles. The molecule has 0 aliphatic carbocycles. The molecule has 3 aromatic carbocycles. The fourth-order valence-corrected chi connectivity index (χ4v) is 5.38. The van der Waals surface area contributed by atoms with E-state index in [1.54, 1.807) is 32.4 Å². The SMILES string of the molecule is COc1ccc(CN(Cc2ccc(OC)cc2)S(=O)(=O)c2ccc(CBr)cc2Cl)cc1. The van der Waals surface area contributed by atoms with Crippen LogP contribution in [0.2, 0.25) is 5.02 Å². The largest absolute Gasteiger partial charge is 0.497 e. The van der Waals surface area contributed by atoms with Crippen LogP contribution in [0, 0.1) is 0 Å². The number of halogens is 2. The lowest BCUT2D eigenvalue weighted by molar-refractivity contribution is 0.397. The number of ether oxygens (including phenoxy) is 2. The van der Waals surface area contributed by atoms with E-state index in [4.69, 9.17) is 21.1 Å². The standard InChI is InChI=1S/C23H23BrClNO4S/c1-29-20-8-3-17(4-9-20)15-26(16-18-5-10-21(30-2)11-6-18)31(27,28)23-12-7-19(14-24)13-22(23)25/h3-13H,14-16H2,1-2H3. The molecule has 0 spiro atoms. The second-order valence-corrected chi connectivity index (χ2v) is 9.74. The highest BCUT2D eigenvalue weighted by atomic mass is 79.9. The van der Waals surface area contributed by atoms with Crippen molar-refractivity contribution < 1.29 is 17.9 Å². The zero-order valence-corrected chi connectivity index (χ0v) is 20.4. The van der Waals surface area contributed by atoms with Gasteiger partial charge < -0.3 is 9.47 Å². The van der Waals surface area contributed by atoms with Crippen LogP contribution in [0.15, 0.2) is 71.6 Å². The third kappa shape index (κ3) is 5.80. The first-order chi connectivity index (χ1) is 14.9. The molecule has 3 rings (SSSR count). The molecule has 8 heteroatoms. The van der Waals surface area contributed by atoms with Crippen LogP contribution in [0.1, 0.15) is 16.7 Å². The Bertz CT molecular complexity index is 1070. The second kappa shape index (κ2) is 10.5. The van der Waals surface area contributed by atoms with Crippen molar-refractivity contribution in [3.8, 4) is 11.5 Å². The molecule has 164 valence electrons. The van der Waals surface area contributed by atoms with Gasteiger partial charge in [0, 0.05) is 18.4 Å². The van der Waals surface area contributed by atoms with Gasteiger partial charge >= 0.3 is 0 Å². The highest BCUT2D eigenvalue weighted by Gasteiger charge is 2.27. The molecule has 0 fully saturated rings. The van der Waals surface area contributed by atoms with E-state index >= 15 is 0 Å². The van der Waals surface area contributed by atoms with Gasteiger partial charge in [-0.1, -0.05) is 57.9 Å². The maximum absolute atomic E-state index is 13.6. The van der Waals surface area contributed by atoms with Crippen molar-refractivity contribution in [3.63, 3.8) is 0 Å². The van der Waals surface area contributed by atoms with Gasteiger partial charge in [0.15, 0.2) is 0 Å². The fraction of sp³-hybridized carbons (Fsp3) is 0.217. The third-order valence-corrected chi connectivity index (χ3v) is 7.73. The molecule has 5 nitrogen and oxygen atoms in total. The van der Waals surface area contributed by atoms with Gasteiger partial charge in [0.2, 0.25) is 10.0 Å². The molecular weight excluding hydrogens is 502 g/mol. The molecule has 3 aromatic rings. The van der Waals surface area contributed by atoms with Gasteiger partial charge in [-0.15, -0.1) is 0 Å². The lowest BCUT2D eigenvalue weighted by Gasteiger charge is -2.23. The summed E-state index contributed by atoms with van der Waals surface area (Å²) in [6, 6.07) is 19.6. The van der Waals surface area contributed by atoms with Crippen LogP contribution in [-0.4, -0.2) is 26.9 Å². The Hall–Kier alpha value is -2.06. The summed E-state index contributed by atoms with van der Waals surface area (Å²) in [5, 5.41) is 0.792. The van der Waals surface area contributed by atoms with Crippen LogP contribution in [0.3, 0.4) is 0 Å². The monoisotopic (exact) mass is 523 g/mol.